The van der Waals surface area contributed by atoms with E-state index in [2.05, 4.69) is 146 Å². The summed E-state index contributed by atoms with van der Waals surface area (Å²) in [6.07, 6.45) is 0. The first-order chi connectivity index (χ1) is 20.7. The molecule has 4 heteroatoms. The number of benzene rings is 6. The molecule has 0 saturated carbocycles. The molecule has 42 heavy (non-hydrogen) atoms. The summed E-state index contributed by atoms with van der Waals surface area (Å²) >= 11 is 13.8. The van der Waals surface area contributed by atoms with Gasteiger partial charge in [-0.2, -0.15) is 0 Å². The Morgan fingerprint density at radius 1 is 0.357 bits per heavy atom. The van der Waals surface area contributed by atoms with E-state index in [0.717, 1.165) is 10.0 Å². The Bertz CT molecular complexity index is 1530. The molecule has 0 aliphatic rings. The van der Waals surface area contributed by atoms with Gasteiger partial charge in [0.15, 0.2) is 0 Å². The van der Waals surface area contributed by atoms with Crippen molar-refractivity contribution >= 4 is 58.4 Å². The molecule has 0 spiro atoms. The van der Waals surface area contributed by atoms with Crippen LogP contribution in [0.2, 0.25) is 10.0 Å². The molecule has 0 bridgehead atoms. The van der Waals surface area contributed by atoms with Gasteiger partial charge in [0.1, 0.15) is 0 Å². The molecule has 6 aromatic rings. The molecule has 0 heterocycles. The number of hydrogen-bond acceptors (Lipinski definition) is 0. The summed E-state index contributed by atoms with van der Waals surface area (Å²) in [5, 5.41) is 1.55. The van der Waals surface area contributed by atoms with Gasteiger partial charge in [-0.3, -0.25) is 0 Å². The second-order valence-electron chi connectivity index (χ2n) is 10.0. The van der Waals surface area contributed by atoms with E-state index in [1.807, 2.05) is 12.1 Å². The Labute approximate surface area is 269 Å². The molecule has 6 aromatic carbocycles. The van der Waals surface area contributed by atoms with Crippen molar-refractivity contribution in [2.75, 3.05) is 0 Å². The average Bonchev–Trinajstić information content (AvgIpc) is 3.04. The quantitative estimate of drug-likeness (QED) is 0.104. The fourth-order valence-electron chi connectivity index (χ4n) is 5.42. The summed E-state index contributed by atoms with van der Waals surface area (Å²) in [6.45, 7) is 0. The topological polar surface area (TPSA) is 0 Å². The van der Waals surface area contributed by atoms with Crippen LogP contribution in [-0.4, -0.2) is 26.3 Å². The van der Waals surface area contributed by atoms with Crippen LogP contribution in [0.4, 0.5) is 0 Å². The third kappa shape index (κ3) is 6.77. The molecule has 0 unspecified atom stereocenters. The first-order valence-corrected chi connectivity index (χ1v) is 20.6. The van der Waals surface area contributed by atoms with Gasteiger partial charge in [0.25, 0.3) is 0 Å². The van der Waals surface area contributed by atoms with E-state index in [9.17, 15) is 0 Å². The summed E-state index contributed by atoms with van der Waals surface area (Å²) in [7, 11) is 0. The van der Waals surface area contributed by atoms with Crippen molar-refractivity contribution in [3.63, 3.8) is 0 Å². The Kier molecular flexibility index (Phi) is 9.64. The number of rotatable bonds is 9. The third-order valence-electron chi connectivity index (χ3n) is 7.32. The molecular weight excluding hydrogens is 685 g/mol. The Hall–Kier alpha value is -3.06. The second kappa shape index (κ2) is 13.9. The van der Waals surface area contributed by atoms with Crippen LogP contribution in [0.3, 0.4) is 0 Å². The van der Waals surface area contributed by atoms with Crippen LogP contribution in [0.5, 0.6) is 0 Å². The van der Waals surface area contributed by atoms with Crippen molar-refractivity contribution in [3.8, 4) is 0 Å². The van der Waals surface area contributed by atoms with E-state index in [-0.39, 0.29) is 38.1 Å². The molecule has 0 N–H and O–H groups in total. The standard InChI is InChI=1S/C38H28Cl2Se2/c39-31-21-23-35(33(25-31)37(27-13-5-1-6-14-27)28-15-7-2-8-16-28)41-42-36-24-22-32(40)26-34(36)38(29-17-9-3-10-18-29)30-19-11-4-12-20-30/h1-26,37-38H. The van der Waals surface area contributed by atoms with Gasteiger partial charge >= 0.3 is 271 Å². The van der Waals surface area contributed by atoms with Crippen LogP contribution in [-0.2, 0) is 0 Å². The Morgan fingerprint density at radius 2 is 0.643 bits per heavy atom. The zero-order chi connectivity index (χ0) is 28.7. The normalized spacial score (nSPS) is 11.2. The third-order valence-corrected chi connectivity index (χ3v) is 15.1. The molecule has 0 radical (unpaired) electrons. The van der Waals surface area contributed by atoms with E-state index in [1.54, 1.807) is 0 Å². The summed E-state index contributed by atoms with van der Waals surface area (Å²) in [4.78, 5) is 0. The van der Waals surface area contributed by atoms with Crippen LogP contribution < -0.4 is 8.92 Å². The molecule has 0 fully saturated rings. The SMILES string of the molecule is Clc1ccc([Se][Se]c2ccc(Cl)cc2C(c2ccccc2)c2ccccc2)c(C(c2ccccc2)c2ccccc2)c1. The van der Waals surface area contributed by atoms with Crippen molar-refractivity contribution in [2.24, 2.45) is 0 Å². The van der Waals surface area contributed by atoms with E-state index < -0.39 is 0 Å². The van der Waals surface area contributed by atoms with Gasteiger partial charge in [0, 0.05) is 0 Å². The first kappa shape index (κ1) is 29.0. The molecule has 0 aromatic heterocycles. The van der Waals surface area contributed by atoms with Gasteiger partial charge in [-0.15, -0.1) is 0 Å². The van der Waals surface area contributed by atoms with Crippen molar-refractivity contribution in [3.05, 3.63) is 201 Å². The second-order valence-corrected chi connectivity index (χ2v) is 17.1. The maximum absolute atomic E-state index is 6.67. The van der Waals surface area contributed by atoms with Crippen LogP contribution >= 0.6 is 23.2 Å². The van der Waals surface area contributed by atoms with Crippen molar-refractivity contribution in [1.82, 2.24) is 0 Å². The van der Waals surface area contributed by atoms with Crippen LogP contribution in [0, 0.1) is 0 Å². The predicted octanol–water partition coefficient (Wildman–Crippen LogP) is 8.63. The van der Waals surface area contributed by atoms with Gasteiger partial charge < -0.3 is 0 Å². The van der Waals surface area contributed by atoms with Gasteiger partial charge in [0.2, 0.25) is 0 Å². The molecule has 206 valence electrons. The summed E-state index contributed by atoms with van der Waals surface area (Å²) in [6, 6.07) is 56.0. The molecule has 6 rings (SSSR count). The minimum atomic E-state index is 0.116. The van der Waals surface area contributed by atoms with Crippen LogP contribution in [0.15, 0.2) is 158 Å². The molecular formula is C38H28Cl2Se2. The van der Waals surface area contributed by atoms with Gasteiger partial charge in [-0.25, -0.2) is 0 Å². The monoisotopic (exact) mass is 714 g/mol. The van der Waals surface area contributed by atoms with E-state index >= 15 is 0 Å². The van der Waals surface area contributed by atoms with E-state index in [1.165, 1.54) is 42.3 Å². The van der Waals surface area contributed by atoms with Gasteiger partial charge in [-0.1, -0.05) is 0 Å². The van der Waals surface area contributed by atoms with Crippen LogP contribution in [0.1, 0.15) is 45.2 Å². The molecule has 0 aliphatic heterocycles. The van der Waals surface area contributed by atoms with Crippen LogP contribution in [0.25, 0.3) is 0 Å². The molecule has 0 saturated heterocycles. The summed E-state index contributed by atoms with van der Waals surface area (Å²) in [5.74, 6) is 0.231. The van der Waals surface area contributed by atoms with Crippen molar-refractivity contribution in [2.45, 2.75) is 11.8 Å². The molecule has 0 nitrogen and oxygen atoms in total. The Balaban J connectivity index is 1.41. The van der Waals surface area contributed by atoms with Crippen molar-refractivity contribution < 1.29 is 0 Å². The summed E-state index contributed by atoms with van der Waals surface area (Å²) < 4.78 is 2.78. The van der Waals surface area contributed by atoms with Gasteiger partial charge in [0.05, 0.1) is 0 Å². The van der Waals surface area contributed by atoms with Crippen molar-refractivity contribution in [1.29, 1.82) is 0 Å². The predicted molar refractivity (Wildman–Crippen MR) is 181 cm³/mol. The van der Waals surface area contributed by atoms with E-state index in [4.69, 9.17) is 23.2 Å². The molecule has 0 amide bonds. The molecule has 0 atom stereocenters. The average molecular weight is 713 g/mol. The number of hydrogen-bond donors (Lipinski definition) is 0. The summed E-state index contributed by atoms with van der Waals surface area (Å²) in [5.41, 5.74) is 7.68. The maximum atomic E-state index is 6.67. The van der Waals surface area contributed by atoms with E-state index in [0.29, 0.717) is 0 Å². The van der Waals surface area contributed by atoms with Gasteiger partial charge in [-0.05, 0) is 0 Å². The minimum absolute atomic E-state index is 0.116. The fraction of sp³-hybridized carbons (Fsp3) is 0.0526. The zero-order valence-corrected chi connectivity index (χ0v) is 27.7. The fourth-order valence-corrected chi connectivity index (χ4v) is 13.1. The number of halogens is 2. The molecule has 0 aliphatic carbocycles. The zero-order valence-electron chi connectivity index (χ0n) is 22.7. The first-order valence-electron chi connectivity index (χ1n) is 13.8. The Morgan fingerprint density at radius 3 is 0.929 bits per heavy atom.